The van der Waals surface area contributed by atoms with Crippen LogP contribution in [0, 0.1) is 5.92 Å². The van der Waals surface area contributed by atoms with E-state index in [0.717, 1.165) is 12.3 Å². The summed E-state index contributed by atoms with van der Waals surface area (Å²) in [6.45, 7) is 2.25. The van der Waals surface area contributed by atoms with Gasteiger partial charge in [-0.1, -0.05) is 50.1 Å². The molecule has 0 aromatic heterocycles. The van der Waals surface area contributed by atoms with Crippen LogP contribution >= 0.6 is 0 Å². The van der Waals surface area contributed by atoms with Gasteiger partial charge in [-0.2, -0.15) is 0 Å². The van der Waals surface area contributed by atoms with Crippen LogP contribution in [0.15, 0.2) is 30.3 Å². The van der Waals surface area contributed by atoms with Gasteiger partial charge in [-0.25, -0.2) is 0 Å². The third-order valence-corrected chi connectivity index (χ3v) is 3.95. The summed E-state index contributed by atoms with van der Waals surface area (Å²) >= 11 is 0. The fourth-order valence-corrected chi connectivity index (χ4v) is 2.68. The summed E-state index contributed by atoms with van der Waals surface area (Å²) in [4.78, 5) is 0. The maximum Gasteiger partial charge on any atom is 0.0279 e. The van der Waals surface area contributed by atoms with Crippen LogP contribution in [0.5, 0.6) is 0 Å². The average molecular weight is 232 g/mol. The Bertz CT molecular complexity index is 319. The predicted octanol–water partition coefficient (Wildman–Crippen LogP) is 3.20. The van der Waals surface area contributed by atoms with Crippen molar-refractivity contribution in [3.8, 4) is 0 Å². The first-order valence-electron chi connectivity index (χ1n) is 6.86. The Labute approximate surface area is 105 Å². The number of hydrogen-bond acceptors (Lipinski definition) is 2. The molecule has 2 unspecified atom stereocenters. The van der Waals surface area contributed by atoms with Crippen LogP contribution in [0.1, 0.15) is 50.5 Å². The molecule has 0 bridgehead atoms. The van der Waals surface area contributed by atoms with Gasteiger partial charge in [0.25, 0.3) is 0 Å². The minimum atomic E-state index is 0.419. The molecule has 1 aliphatic carbocycles. The molecule has 2 atom stereocenters. The van der Waals surface area contributed by atoms with Gasteiger partial charge < -0.3 is 0 Å². The monoisotopic (exact) mass is 232 g/mol. The molecule has 1 aliphatic rings. The van der Waals surface area contributed by atoms with E-state index in [1.807, 2.05) is 0 Å². The minimum Gasteiger partial charge on any atom is -0.271 e. The zero-order valence-corrected chi connectivity index (χ0v) is 10.7. The number of hydrogen-bond donors (Lipinski definition) is 2. The third kappa shape index (κ3) is 3.55. The Kier molecular flexibility index (Phi) is 4.57. The first-order chi connectivity index (χ1) is 8.35. The van der Waals surface area contributed by atoms with Gasteiger partial charge in [0, 0.05) is 12.0 Å². The van der Waals surface area contributed by atoms with Gasteiger partial charge in [0.15, 0.2) is 0 Å². The van der Waals surface area contributed by atoms with Gasteiger partial charge >= 0.3 is 0 Å². The van der Waals surface area contributed by atoms with Crippen molar-refractivity contribution in [2.75, 3.05) is 0 Å². The first-order valence-corrected chi connectivity index (χ1v) is 6.86. The number of nitrogens with one attached hydrogen (secondary N) is 1. The normalized spacial score (nSPS) is 18.9. The maximum absolute atomic E-state index is 5.74. The van der Waals surface area contributed by atoms with Crippen molar-refractivity contribution >= 4 is 0 Å². The molecule has 0 amide bonds. The van der Waals surface area contributed by atoms with Crippen molar-refractivity contribution < 1.29 is 0 Å². The van der Waals surface area contributed by atoms with Gasteiger partial charge in [0.2, 0.25) is 0 Å². The third-order valence-electron chi connectivity index (χ3n) is 3.95. The fourth-order valence-electron chi connectivity index (χ4n) is 2.68. The van der Waals surface area contributed by atoms with Crippen molar-refractivity contribution in [1.82, 2.24) is 5.43 Å². The Balaban J connectivity index is 1.98. The van der Waals surface area contributed by atoms with Crippen LogP contribution in [0.25, 0.3) is 0 Å². The molecule has 2 nitrogen and oxygen atoms in total. The molecule has 0 heterocycles. The highest BCUT2D eigenvalue weighted by molar-refractivity contribution is 5.21. The smallest absolute Gasteiger partial charge is 0.0279 e. The Morgan fingerprint density at radius 1 is 1.29 bits per heavy atom. The molecule has 0 spiro atoms. The lowest BCUT2D eigenvalue weighted by Crippen LogP contribution is -2.39. The molecule has 0 radical (unpaired) electrons. The summed E-state index contributed by atoms with van der Waals surface area (Å²) in [7, 11) is 0. The highest BCUT2D eigenvalue weighted by Gasteiger charge is 2.25. The van der Waals surface area contributed by atoms with E-state index in [0.29, 0.717) is 12.0 Å². The van der Waals surface area contributed by atoms with E-state index in [2.05, 4.69) is 42.7 Å². The van der Waals surface area contributed by atoms with Gasteiger partial charge in [-0.05, 0) is 30.7 Å². The highest BCUT2D eigenvalue weighted by atomic mass is 15.2. The molecule has 1 aromatic rings. The molecule has 0 saturated heterocycles. The second-order valence-corrected chi connectivity index (χ2v) is 5.22. The van der Waals surface area contributed by atoms with E-state index in [9.17, 15) is 0 Å². The lowest BCUT2D eigenvalue weighted by molar-refractivity contribution is 0.389. The first kappa shape index (κ1) is 12.6. The molecule has 1 fully saturated rings. The van der Waals surface area contributed by atoms with E-state index in [-0.39, 0.29) is 0 Å². The molecule has 2 heteroatoms. The quantitative estimate of drug-likeness (QED) is 0.559. The van der Waals surface area contributed by atoms with E-state index < -0.39 is 0 Å². The maximum atomic E-state index is 5.74. The van der Waals surface area contributed by atoms with E-state index in [1.54, 1.807) is 0 Å². The Morgan fingerprint density at radius 3 is 2.53 bits per heavy atom. The SMILES string of the molecule is CCC(c1ccccc1)C(CCC1CC1)NN. The van der Waals surface area contributed by atoms with Crippen molar-refractivity contribution in [3.63, 3.8) is 0 Å². The van der Waals surface area contributed by atoms with Gasteiger partial charge in [-0.15, -0.1) is 0 Å². The van der Waals surface area contributed by atoms with E-state index in [4.69, 9.17) is 5.84 Å². The van der Waals surface area contributed by atoms with Crippen LogP contribution in [-0.2, 0) is 0 Å². The van der Waals surface area contributed by atoms with Crippen LogP contribution in [0.3, 0.4) is 0 Å². The molecule has 3 N–H and O–H groups in total. The van der Waals surface area contributed by atoms with E-state index >= 15 is 0 Å². The molecular weight excluding hydrogens is 208 g/mol. The number of rotatable bonds is 7. The summed E-state index contributed by atoms with van der Waals surface area (Å²) in [5.74, 6) is 7.27. The highest BCUT2D eigenvalue weighted by Crippen LogP contribution is 2.35. The average Bonchev–Trinajstić information content (AvgIpc) is 3.19. The lowest BCUT2D eigenvalue weighted by atomic mass is 9.86. The Hall–Kier alpha value is -0.860. The molecule has 1 saturated carbocycles. The van der Waals surface area contributed by atoms with Gasteiger partial charge in [-0.3, -0.25) is 11.3 Å². The topological polar surface area (TPSA) is 38.0 Å². The standard InChI is InChI=1S/C15H24N2/c1-2-14(13-6-4-3-5-7-13)15(17-16)11-10-12-8-9-12/h3-7,12,14-15,17H,2,8-11,16H2,1H3. The van der Waals surface area contributed by atoms with Crippen molar-refractivity contribution in [2.45, 2.75) is 51.0 Å². The van der Waals surface area contributed by atoms with Crippen molar-refractivity contribution in [1.29, 1.82) is 0 Å². The number of hydrazine groups is 1. The minimum absolute atomic E-state index is 0.419. The van der Waals surface area contributed by atoms with Crippen LogP contribution in [-0.4, -0.2) is 6.04 Å². The number of nitrogens with two attached hydrogens (primary N) is 1. The van der Waals surface area contributed by atoms with Crippen molar-refractivity contribution in [3.05, 3.63) is 35.9 Å². The van der Waals surface area contributed by atoms with Crippen LogP contribution < -0.4 is 11.3 Å². The molecule has 1 aromatic carbocycles. The van der Waals surface area contributed by atoms with Crippen LogP contribution in [0.2, 0.25) is 0 Å². The molecule has 17 heavy (non-hydrogen) atoms. The predicted molar refractivity (Wildman–Crippen MR) is 72.5 cm³/mol. The zero-order chi connectivity index (χ0) is 12.1. The van der Waals surface area contributed by atoms with Gasteiger partial charge in [0.05, 0.1) is 0 Å². The van der Waals surface area contributed by atoms with Gasteiger partial charge in [0.1, 0.15) is 0 Å². The molecule has 0 aliphatic heterocycles. The molecular formula is C15H24N2. The van der Waals surface area contributed by atoms with E-state index in [1.165, 1.54) is 31.2 Å². The molecule has 2 rings (SSSR count). The summed E-state index contributed by atoms with van der Waals surface area (Å²) in [5, 5.41) is 0. The summed E-state index contributed by atoms with van der Waals surface area (Å²) < 4.78 is 0. The van der Waals surface area contributed by atoms with Crippen LogP contribution in [0.4, 0.5) is 0 Å². The zero-order valence-electron chi connectivity index (χ0n) is 10.7. The summed E-state index contributed by atoms with van der Waals surface area (Å²) in [6, 6.07) is 11.2. The Morgan fingerprint density at radius 2 is 2.00 bits per heavy atom. The van der Waals surface area contributed by atoms with Crippen molar-refractivity contribution in [2.24, 2.45) is 11.8 Å². The second kappa shape index (κ2) is 6.18. The lowest BCUT2D eigenvalue weighted by Gasteiger charge is -2.26. The second-order valence-electron chi connectivity index (χ2n) is 5.22. The molecule has 94 valence electrons. The summed E-state index contributed by atoms with van der Waals surface area (Å²) in [5.41, 5.74) is 4.45. The fraction of sp³-hybridized carbons (Fsp3) is 0.600. The number of benzene rings is 1. The largest absolute Gasteiger partial charge is 0.271 e. The summed E-state index contributed by atoms with van der Waals surface area (Å²) in [6.07, 6.45) is 6.54.